The first-order valence-electron chi connectivity index (χ1n) is 8.12. The lowest BCUT2D eigenvalue weighted by Crippen LogP contribution is -2.45. The number of amides is 2. The normalized spacial score (nSPS) is 13.5. The quantitative estimate of drug-likeness (QED) is 0.362. The second kappa shape index (κ2) is 12.0. The highest BCUT2D eigenvalue weighted by atomic mass is 16.5. The molecule has 0 radical (unpaired) electrons. The van der Waals surface area contributed by atoms with Crippen molar-refractivity contribution in [1.82, 2.24) is 16.0 Å². The molecule has 0 aromatic heterocycles. The maximum absolute atomic E-state index is 11.7. The summed E-state index contributed by atoms with van der Waals surface area (Å²) in [4.78, 5) is 34.1. The number of hydrogen-bond donors (Lipinski definition) is 3. The molecule has 0 rings (SSSR count). The number of carbonyl (C=O) groups excluding carboxylic acids is 3. The Morgan fingerprint density at radius 1 is 1.00 bits per heavy atom. The van der Waals surface area contributed by atoms with E-state index in [9.17, 15) is 14.4 Å². The second-order valence-corrected chi connectivity index (χ2v) is 6.13. The molecule has 0 fully saturated rings. The van der Waals surface area contributed by atoms with Gasteiger partial charge in [0.1, 0.15) is 5.78 Å². The summed E-state index contributed by atoms with van der Waals surface area (Å²) in [7, 11) is 0. The van der Waals surface area contributed by atoms with Crippen LogP contribution in [0.3, 0.4) is 0 Å². The Morgan fingerprint density at radius 3 is 2.22 bits per heavy atom. The molecule has 2 amide bonds. The van der Waals surface area contributed by atoms with E-state index in [2.05, 4.69) is 16.0 Å². The molecule has 2 unspecified atom stereocenters. The van der Waals surface area contributed by atoms with Crippen molar-refractivity contribution >= 4 is 17.6 Å². The Kier molecular flexibility index (Phi) is 11.2. The van der Waals surface area contributed by atoms with Gasteiger partial charge in [-0.15, -0.1) is 0 Å². The van der Waals surface area contributed by atoms with Gasteiger partial charge in [0.25, 0.3) is 0 Å². The summed E-state index contributed by atoms with van der Waals surface area (Å²) in [6.45, 7) is 9.52. The van der Waals surface area contributed by atoms with Crippen molar-refractivity contribution in [2.45, 2.75) is 72.0 Å². The fraction of sp³-hybridized carbons (Fsp3) is 0.812. The Balaban J connectivity index is 3.73. The third-order valence-electron chi connectivity index (χ3n) is 3.02. The van der Waals surface area contributed by atoms with Crippen LogP contribution in [0.5, 0.6) is 0 Å². The fourth-order valence-electron chi connectivity index (χ4n) is 1.81. The first-order valence-corrected chi connectivity index (χ1v) is 8.12. The maximum atomic E-state index is 11.7. The second-order valence-electron chi connectivity index (χ2n) is 6.13. The van der Waals surface area contributed by atoms with Crippen molar-refractivity contribution in [3.8, 4) is 0 Å². The minimum Gasteiger partial charge on any atom is -0.364 e. The zero-order valence-corrected chi connectivity index (χ0v) is 14.9. The monoisotopic (exact) mass is 329 g/mol. The van der Waals surface area contributed by atoms with Crippen molar-refractivity contribution in [2.24, 2.45) is 0 Å². The largest absolute Gasteiger partial charge is 0.364 e. The van der Waals surface area contributed by atoms with Crippen LogP contribution >= 0.6 is 0 Å². The number of carbonyl (C=O) groups is 3. The molecule has 0 aromatic rings. The molecule has 0 spiro atoms. The highest BCUT2D eigenvalue weighted by molar-refractivity contribution is 5.81. The van der Waals surface area contributed by atoms with Crippen LogP contribution in [0.1, 0.15) is 53.9 Å². The standard InChI is InChI=1S/C16H31N3O4/c1-11(2)18-16(22)14(5)17-10-23-9-12(3)19-15(21)8-6-7-13(4)20/h11-12,14,17H,6-10H2,1-5H3,(H,18,22)(H,19,21). The summed E-state index contributed by atoms with van der Waals surface area (Å²) in [6, 6.07) is -0.360. The van der Waals surface area contributed by atoms with Crippen LogP contribution in [-0.2, 0) is 19.1 Å². The van der Waals surface area contributed by atoms with E-state index in [1.54, 1.807) is 6.92 Å². The van der Waals surface area contributed by atoms with Crippen LogP contribution in [-0.4, -0.2) is 49.1 Å². The predicted octanol–water partition coefficient (Wildman–Crippen LogP) is 0.727. The van der Waals surface area contributed by atoms with E-state index in [4.69, 9.17) is 4.74 Å². The molecule has 0 heterocycles. The molecule has 7 nitrogen and oxygen atoms in total. The lowest BCUT2D eigenvalue weighted by molar-refractivity contribution is -0.123. The summed E-state index contributed by atoms with van der Waals surface area (Å²) in [5.74, 6) is -0.0636. The van der Waals surface area contributed by atoms with Crippen molar-refractivity contribution in [3.05, 3.63) is 0 Å². The lowest BCUT2D eigenvalue weighted by atomic mass is 10.2. The molecule has 0 aliphatic heterocycles. The van der Waals surface area contributed by atoms with Gasteiger partial charge in [0.2, 0.25) is 11.8 Å². The van der Waals surface area contributed by atoms with E-state index in [1.807, 2.05) is 20.8 Å². The Hall–Kier alpha value is -1.47. The molecule has 0 aromatic carbocycles. The van der Waals surface area contributed by atoms with Crippen LogP contribution < -0.4 is 16.0 Å². The lowest BCUT2D eigenvalue weighted by Gasteiger charge is -2.18. The van der Waals surface area contributed by atoms with E-state index in [0.29, 0.717) is 25.9 Å². The van der Waals surface area contributed by atoms with E-state index < -0.39 is 0 Å². The minimum atomic E-state index is -0.339. The van der Waals surface area contributed by atoms with Crippen molar-refractivity contribution in [3.63, 3.8) is 0 Å². The van der Waals surface area contributed by atoms with E-state index in [1.165, 1.54) is 6.92 Å². The number of ether oxygens (including phenoxy) is 1. The molecule has 0 saturated carbocycles. The third-order valence-corrected chi connectivity index (χ3v) is 3.02. The minimum absolute atomic E-state index is 0.0737. The van der Waals surface area contributed by atoms with Crippen LogP contribution in [0.25, 0.3) is 0 Å². The van der Waals surface area contributed by atoms with Gasteiger partial charge in [-0.25, -0.2) is 0 Å². The number of ketones is 1. The summed E-state index contributed by atoms with van der Waals surface area (Å²) >= 11 is 0. The first kappa shape index (κ1) is 21.5. The molecular formula is C16H31N3O4. The van der Waals surface area contributed by atoms with Crippen molar-refractivity contribution in [1.29, 1.82) is 0 Å². The third kappa shape index (κ3) is 12.7. The van der Waals surface area contributed by atoms with Gasteiger partial charge in [0, 0.05) is 24.9 Å². The zero-order chi connectivity index (χ0) is 17.8. The molecule has 7 heteroatoms. The van der Waals surface area contributed by atoms with Crippen molar-refractivity contribution < 1.29 is 19.1 Å². The predicted molar refractivity (Wildman–Crippen MR) is 88.8 cm³/mol. The average molecular weight is 329 g/mol. The molecule has 23 heavy (non-hydrogen) atoms. The first-order chi connectivity index (χ1) is 10.7. The van der Waals surface area contributed by atoms with Gasteiger partial charge in [-0.2, -0.15) is 0 Å². The number of hydrogen-bond acceptors (Lipinski definition) is 5. The maximum Gasteiger partial charge on any atom is 0.237 e. The average Bonchev–Trinajstić information content (AvgIpc) is 2.41. The SMILES string of the molecule is CC(=O)CCCC(=O)NC(C)COCNC(C)C(=O)NC(C)C. The molecule has 134 valence electrons. The van der Waals surface area contributed by atoms with Gasteiger partial charge in [-0.3, -0.25) is 14.9 Å². The molecule has 0 saturated heterocycles. The Morgan fingerprint density at radius 2 is 1.65 bits per heavy atom. The highest BCUT2D eigenvalue weighted by Gasteiger charge is 2.13. The molecule has 3 N–H and O–H groups in total. The van der Waals surface area contributed by atoms with Crippen LogP contribution in [0, 0.1) is 0 Å². The van der Waals surface area contributed by atoms with Crippen molar-refractivity contribution in [2.75, 3.05) is 13.3 Å². The topological polar surface area (TPSA) is 96.5 Å². The highest BCUT2D eigenvalue weighted by Crippen LogP contribution is 1.97. The summed E-state index contributed by atoms with van der Waals surface area (Å²) in [6.07, 6.45) is 1.34. The van der Waals surface area contributed by atoms with Gasteiger partial charge in [-0.1, -0.05) is 0 Å². The van der Waals surface area contributed by atoms with Gasteiger partial charge in [0.15, 0.2) is 0 Å². The van der Waals surface area contributed by atoms with E-state index in [0.717, 1.165) is 0 Å². The summed E-state index contributed by atoms with van der Waals surface area (Å²) in [5, 5.41) is 8.57. The van der Waals surface area contributed by atoms with E-state index in [-0.39, 0.29) is 42.5 Å². The summed E-state index contributed by atoms with van der Waals surface area (Å²) < 4.78 is 5.40. The van der Waals surface area contributed by atoms with Crippen LogP contribution in [0.2, 0.25) is 0 Å². The van der Waals surface area contributed by atoms with Crippen LogP contribution in [0.15, 0.2) is 0 Å². The zero-order valence-electron chi connectivity index (χ0n) is 14.9. The van der Waals surface area contributed by atoms with Gasteiger partial charge >= 0.3 is 0 Å². The smallest absolute Gasteiger partial charge is 0.237 e. The molecule has 0 aliphatic carbocycles. The van der Waals surface area contributed by atoms with Crippen LogP contribution in [0.4, 0.5) is 0 Å². The van der Waals surface area contributed by atoms with Gasteiger partial charge in [0.05, 0.1) is 19.4 Å². The Bertz CT molecular complexity index is 386. The number of nitrogens with one attached hydrogen (secondary N) is 3. The summed E-state index contributed by atoms with van der Waals surface area (Å²) in [5.41, 5.74) is 0. The molecule has 0 aliphatic rings. The fourth-order valence-corrected chi connectivity index (χ4v) is 1.81. The molecule has 2 atom stereocenters. The molecular weight excluding hydrogens is 298 g/mol. The van der Waals surface area contributed by atoms with Gasteiger partial charge in [-0.05, 0) is 41.0 Å². The number of Topliss-reactive ketones (excluding diaryl/α,β-unsaturated/α-hetero) is 1. The van der Waals surface area contributed by atoms with E-state index >= 15 is 0 Å². The number of rotatable bonds is 12. The molecule has 0 bridgehead atoms. The Labute approximate surface area is 138 Å². The van der Waals surface area contributed by atoms with Gasteiger partial charge < -0.3 is 20.2 Å².